The number of carbonyl (C=O) groups is 2. The molecule has 0 heterocycles. The second-order valence-corrected chi connectivity index (χ2v) is 3.75. The van der Waals surface area contributed by atoms with Gasteiger partial charge in [0, 0.05) is 13.0 Å². The van der Waals surface area contributed by atoms with E-state index >= 15 is 0 Å². The van der Waals surface area contributed by atoms with Crippen molar-refractivity contribution in [2.75, 3.05) is 0 Å². The van der Waals surface area contributed by atoms with Gasteiger partial charge in [-0.2, -0.15) is 30.3 Å². The average molecular weight is 328 g/mol. The van der Waals surface area contributed by atoms with Crippen molar-refractivity contribution in [3.63, 3.8) is 0 Å². The second kappa shape index (κ2) is 10.7. The van der Waals surface area contributed by atoms with E-state index in [0.29, 0.717) is 5.56 Å². The van der Waals surface area contributed by atoms with Crippen molar-refractivity contribution >= 4 is 11.9 Å². The first kappa shape index (κ1) is 18.9. The Labute approximate surface area is 134 Å². The summed E-state index contributed by atoms with van der Waals surface area (Å²) in [6.07, 6.45) is 0.0882. The van der Waals surface area contributed by atoms with E-state index in [1.807, 2.05) is 30.3 Å². The molecule has 1 atom stereocenters. The minimum atomic E-state index is -0.919. The van der Waals surface area contributed by atoms with Crippen LogP contribution < -0.4 is 0 Å². The molecule has 0 bridgehead atoms. The molecular weight excluding hydrogens is 312 g/mol. The van der Waals surface area contributed by atoms with Crippen molar-refractivity contribution in [2.45, 2.75) is 13.2 Å². The van der Waals surface area contributed by atoms with E-state index in [4.69, 9.17) is 4.74 Å². The smallest absolute Gasteiger partial charge is 0.431 e. The molecular formula is C16H16FeO4. The van der Waals surface area contributed by atoms with E-state index in [2.05, 4.69) is 11.3 Å². The molecule has 0 amide bonds. The molecule has 0 aliphatic carbocycles. The summed E-state index contributed by atoms with van der Waals surface area (Å²) in [6.45, 7) is 4.69. The van der Waals surface area contributed by atoms with E-state index in [0.717, 1.165) is 6.08 Å². The first-order valence-electron chi connectivity index (χ1n) is 6.06. The van der Waals surface area contributed by atoms with Crippen molar-refractivity contribution < 1.29 is 36.1 Å². The maximum atomic E-state index is 11.3. The number of rotatable bonds is 4. The van der Waals surface area contributed by atoms with Gasteiger partial charge in [0.25, 0.3) is 5.97 Å². The molecule has 2 aromatic carbocycles. The van der Waals surface area contributed by atoms with E-state index in [9.17, 15) is 9.59 Å². The Hall–Kier alpha value is -2.10. The summed E-state index contributed by atoms with van der Waals surface area (Å²) >= 11 is 0. The third kappa shape index (κ3) is 7.92. The molecule has 0 saturated heterocycles. The summed E-state index contributed by atoms with van der Waals surface area (Å²) in [5.74, 6) is -1.15. The van der Waals surface area contributed by atoms with Gasteiger partial charge in [-0.15, -0.1) is 0 Å². The average Bonchev–Trinajstić information content (AvgIpc) is 3.13. The normalized spacial score (nSPS) is 10.1. The van der Waals surface area contributed by atoms with Gasteiger partial charge in [0.1, 0.15) is 0 Å². The maximum Gasteiger partial charge on any atom is 2.00 e. The van der Waals surface area contributed by atoms with Gasteiger partial charge in [0.15, 0.2) is 0 Å². The molecule has 0 aliphatic rings. The zero-order valence-corrected chi connectivity index (χ0v) is 12.6. The second-order valence-electron chi connectivity index (χ2n) is 3.75. The molecule has 0 N–H and O–H groups in total. The minimum Gasteiger partial charge on any atom is -0.431 e. The van der Waals surface area contributed by atoms with Crippen LogP contribution in [0.4, 0.5) is 0 Å². The van der Waals surface area contributed by atoms with E-state index in [1.54, 1.807) is 24.3 Å². The van der Waals surface area contributed by atoms with Gasteiger partial charge in [-0.05, 0) is 0 Å². The van der Waals surface area contributed by atoms with E-state index in [-0.39, 0.29) is 17.1 Å². The number of hydrogen-bond donors (Lipinski definition) is 0. The summed E-state index contributed by atoms with van der Waals surface area (Å²) in [7, 11) is 0. The fraction of sp³-hybridized carbons (Fsp3) is 0.125. The van der Waals surface area contributed by atoms with Gasteiger partial charge in [-0.25, -0.2) is 29.1 Å². The number of esters is 2. The van der Waals surface area contributed by atoms with Crippen molar-refractivity contribution in [3.05, 3.63) is 72.8 Å². The van der Waals surface area contributed by atoms with Crippen LogP contribution in [0, 0.1) is 0 Å². The Morgan fingerprint density at radius 3 is 2.14 bits per heavy atom. The van der Waals surface area contributed by atoms with Gasteiger partial charge in [-0.3, -0.25) is 4.79 Å². The Morgan fingerprint density at radius 2 is 1.71 bits per heavy atom. The van der Waals surface area contributed by atoms with Crippen LogP contribution in [0.15, 0.2) is 67.3 Å². The van der Waals surface area contributed by atoms with Gasteiger partial charge >= 0.3 is 23.0 Å². The predicted molar refractivity (Wildman–Crippen MR) is 75.2 cm³/mol. The molecule has 0 aromatic heterocycles. The van der Waals surface area contributed by atoms with Crippen LogP contribution in [0.5, 0.6) is 0 Å². The van der Waals surface area contributed by atoms with Crippen LogP contribution in [0.25, 0.3) is 0 Å². The summed E-state index contributed by atoms with van der Waals surface area (Å²) in [6, 6.07) is 16.7. The van der Waals surface area contributed by atoms with Crippen molar-refractivity contribution in [3.8, 4) is 0 Å². The molecule has 2 aromatic rings. The van der Waals surface area contributed by atoms with Gasteiger partial charge in [0.2, 0.25) is 6.29 Å². The third-order valence-corrected chi connectivity index (χ3v) is 2.18. The molecule has 1 unspecified atom stereocenters. The van der Waals surface area contributed by atoms with Gasteiger partial charge in [-0.1, -0.05) is 12.1 Å². The predicted octanol–water partition coefficient (Wildman–Crippen LogP) is 3.04. The summed E-state index contributed by atoms with van der Waals surface area (Å²) in [5, 5.41) is 0. The zero-order chi connectivity index (χ0) is 14.8. The molecule has 21 heavy (non-hydrogen) atoms. The number of carbonyl (C=O) groups excluding carboxylic acids is 2. The Balaban J connectivity index is 0.000000562. The van der Waals surface area contributed by atoms with Crippen LogP contribution in [0.2, 0.25) is 0 Å². The summed E-state index contributed by atoms with van der Waals surface area (Å²) < 4.78 is 9.51. The standard InChI is InChI=1S/C11H11O4.C5H5.Fe/c1-3-10(12)14-8(2)15-11(13)9-6-4-5-7-9;1-2-4-5-3-1;/h3-8H,1H2,2H3;1-5H;/q2*-1;+2. The SMILES string of the molecule is C=CC(=O)OC(C)OC(=O)[c-]1cccc1.[Fe+2].c1cc[cH-]c1. The van der Waals surface area contributed by atoms with Crippen LogP contribution in [0.3, 0.4) is 0 Å². The van der Waals surface area contributed by atoms with Gasteiger partial charge in [0.05, 0.1) is 0 Å². The number of hydrogen-bond acceptors (Lipinski definition) is 4. The number of ether oxygens (including phenoxy) is 2. The van der Waals surface area contributed by atoms with E-state index in [1.165, 1.54) is 6.92 Å². The van der Waals surface area contributed by atoms with E-state index < -0.39 is 18.2 Å². The Kier molecular flexibility index (Phi) is 9.59. The Morgan fingerprint density at radius 1 is 1.14 bits per heavy atom. The summed E-state index contributed by atoms with van der Waals surface area (Å²) in [5.41, 5.74) is 0.427. The molecule has 4 nitrogen and oxygen atoms in total. The fourth-order valence-corrected chi connectivity index (χ4v) is 1.29. The molecule has 0 spiro atoms. The third-order valence-electron chi connectivity index (χ3n) is 2.18. The summed E-state index contributed by atoms with van der Waals surface area (Å²) in [4.78, 5) is 22.1. The quantitative estimate of drug-likeness (QED) is 0.285. The molecule has 0 radical (unpaired) electrons. The molecule has 5 heteroatoms. The maximum absolute atomic E-state index is 11.3. The monoisotopic (exact) mass is 328 g/mol. The Bertz CT molecular complexity index is 497. The van der Waals surface area contributed by atoms with Crippen molar-refractivity contribution in [1.82, 2.24) is 0 Å². The molecule has 0 aliphatic heterocycles. The van der Waals surface area contributed by atoms with Crippen LogP contribution in [0.1, 0.15) is 17.3 Å². The topological polar surface area (TPSA) is 52.6 Å². The molecule has 0 fully saturated rings. The van der Waals surface area contributed by atoms with Gasteiger partial charge < -0.3 is 9.47 Å². The first-order chi connectivity index (χ1) is 9.63. The largest absolute Gasteiger partial charge is 2.00 e. The molecule has 0 saturated carbocycles. The van der Waals surface area contributed by atoms with Crippen LogP contribution in [-0.4, -0.2) is 18.2 Å². The zero-order valence-electron chi connectivity index (χ0n) is 11.5. The molecule has 112 valence electrons. The van der Waals surface area contributed by atoms with Crippen molar-refractivity contribution in [1.29, 1.82) is 0 Å². The van der Waals surface area contributed by atoms with Crippen LogP contribution in [-0.2, 0) is 31.3 Å². The van der Waals surface area contributed by atoms with Crippen molar-refractivity contribution in [2.24, 2.45) is 0 Å². The van der Waals surface area contributed by atoms with Crippen LogP contribution >= 0.6 is 0 Å². The first-order valence-corrected chi connectivity index (χ1v) is 6.06. The molecule has 2 rings (SSSR count). The fourth-order valence-electron chi connectivity index (χ4n) is 1.29. The minimum absolute atomic E-state index is 0.